The fourth-order valence-electron chi connectivity index (χ4n) is 9.28. The maximum atomic E-state index is 7.30. The summed E-state index contributed by atoms with van der Waals surface area (Å²) in [7, 11) is 0. The first-order chi connectivity index (χ1) is 25.0. The summed E-state index contributed by atoms with van der Waals surface area (Å²) in [6.45, 7) is 4.67. The summed E-state index contributed by atoms with van der Waals surface area (Å²) in [5, 5.41) is 2.52. The molecule has 0 amide bonds. The van der Waals surface area contributed by atoms with Gasteiger partial charge in [0.15, 0.2) is 11.5 Å². The van der Waals surface area contributed by atoms with Crippen molar-refractivity contribution in [2.24, 2.45) is 0 Å². The number of benzene rings is 7. The van der Waals surface area contributed by atoms with Gasteiger partial charge < -0.3 is 14.0 Å². The Morgan fingerprint density at radius 2 is 1.14 bits per heavy atom. The third-order valence-electron chi connectivity index (χ3n) is 11.7. The lowest BCUT2D eigenvalue weighted by Crippen LogP contribution is -2.38. The number of para-hydroxylation sites is 2. The second kappa shape index (κ2) is 10.2. The summed E-state index contributed by atoms with van der Waals surface area (Å²) < 4.78 is 16.7. The molecule has 0 saturated heterocycles. The quantitative estimate of drug-likeness (QED) is 0.185. The van der Waals surface area contributed by atoms with Crippen LogP contribution in [0.2, 0.25) is 0 Å². The molecule has 3 heteroatoms. The number of hydrogen-bond donors (Lipinski definition) is 0. The van der Waals surface area contributed by atoms with Crippen molar-refractivity contribution >= 4 is 21.8 Å². The van der Waals surface area contributed by atoms with Gasteiger partial charge in [-0.15, -0.1) is 0 Å². The van der Waals surface area contributed by atoms with Gasteiger partial charge in [-0.2, -0.15) is 0 Å². The molecule has 0 unspecified atom stereocenters. The summed E-state index contributed by atoms with van der Waals surface area (Å²) >= 11 is 0. The lowest BCUT2D eigenvalue weighted by molar-refractivity contribution is -0.0469. The minimum atomic E-state index is -1.02. The van der Waals surface area contributed by atoms with Crippen LogP contribution in [0.3, 0.4) is 0 Å². The Labute approximate surface area is 297 Å². The number of aromatic nitrogens is 1. The molecule has 8 aromatic rings. The van der Waals surface area contributed by atoms with Crippen molar-refractivity contribution in [3.8, 4) is 39.4 Å². The molecular weight excluding hydrogens is 623 g/mol. The van der Waals surface area contributed by atoms with E-state index in [1.807, 2.05) is 0 Å². The molecule has 2 heterocycles. The van der Waals surface area contributed by atoms with Crippen molar-refractivity contribution in [3.05, 3.63) is 185 Å². The standard InChI is InChI=1S/C48H35NO2/c1-47(2)41-29-33(32-23-26-43-38(28-32)36-16-8-11-19-42(36)49(43)34-14-4-3-5-15-34)22-24-35(41)37-25-27-44-46(45(37)47)51-48(50-44)39-17-9-6-12-30(39)20-21-31-13-7-10-18-40(31)48/h3-19,22-29H,20-21H2,1-2H3. The van der Waals surface area contributed by atoms with Gasteiger partial charge in [-0.3, -0.25) is 0 Å². The number of rotatable bonds is 2. The van der Waals surface area contributed by atoms with E-state index in [4.69, 9.17) is 9.47 Å². The van der Waals surface area contributed by atoms with Gasteiger partial charge in [-0.1, -0.05) is 123 Å². The van der Waals surface area contributed by atoms with E-state index >= 15 is 0 Å². The van der Waals surface area contributed by atoms with Gasteiger partial charge in [0, 0.05) is 38.6 Å². The van der Waals surface area contributed by atoms with Crippen molar-refractivity contribution in [2.45, 2.75) is 37.9 Å². The molecule has 3 nitrogen and oxygen atoms in total. The maximum absolute atomic E-state index is 7.30. The third kappa shape index (κ3) is 3.89. The fourth-order valence-corrected chi connectivity index (χ4v) is 9.28. The molecule has 0 fully saturated rings. The lowest BCUT2D eigenvalue weighted by atomic mass is 9.81. The van der Waals surface area contributed by atoms with Crippen LogP contribution in [0.1, 0.15) is 47.2 Å². The fraction of sp³-hybridized carbons (Fsp3) is 0.125. The number of hydrogen-bond acceptors (Lipinski definition) is 2. The normalized spacial score (nSPS) is 15.7. The van der Waals surface area contributed by atoms with Gasteiger partial charge in [0.25, 0.3) is 0 Å². The molecule has 7 aromatic carbocycles. The maximum Gasteiger partial charge on any atom is 0.306 e. The average Bonchev–Trinajstić information content (AvgIpc) is 3.77. The zero-order chi connectivity index (χ0) is 33.9. The van der Waals surface area contributed by atoms with Crippen molar-refractivity contribution in [2.75, 3.05) is 0 Å². The minimum absolute atomic E-state index is 0.307. The van der Waals surface area contributed by atoms with Crippen LogP contribution in [-0.4, -0.2) is 4.57 Å². The lowest BCUT2D eigenvalue weighted by Gasteiger charge is -2.31. The zero-order valence-electron chi connectivity index (χ0n) is 28.6. The SMILES string of the molecule is CC1(C)c2cc(-c3ccc4c(c3)c3ccccc3n4-c3ccccc3)ccc2-c2ccc3c(c21)OC1(O3)c2ccccc2CCc2ccccc21. The Kier molecular flexibility index (Phi) is 5.77. The molecular formula is C48H35NO2. The summed E-state index contributed by atoms with van der Waals surface area (Å²) in [5.41, 5.74) is 15.4. The first-order valence-corrected chi connectivity index (χ1v) is 18.0. The first kappa shape index (κ1) is 28.7. The molecule has 2 aliphatic carbocycles. The topological polar surface area (TPSA) is 23.4 Å². The van der Waals surface area contributed by atoms with Gasteiger partial charge in [0.2, 0.25) is 0 Å². The first-order valence-electron chi connectivity index (χ1n) is 18.0. The van der Waals surface area contributed by atoms with Gasteiger partial charge in [0.05, 0.1) is 11.0 Å². The summed E-state index contributed by atoms with van der Waals surface area (Å²) in [6, 6.07) is 54.9. The third-order valence-corrected chi connectivity index (χ3v) is 11.7. The van der Waals surface area contributed by atoms with Crippen LogP contribution < -0.4 is 9.47 Å². The number of ether oxygens (including phenoxy) is 2. The summed E-state index contributed by atoms with van der Waals surface area (Å²) in [5.74, 6) is 0.643. The second-order valence-electron chi connectivity index (χ2n) is 14.8. The molecule has 1 aromatic heterocycles. The van der Waals surface area contributed by atoms with Gasteiger partial charge in [-0.05, 0) is 94.3 Å². The average molecular weight is 658 g/mol. The second-order valence-corrected chi connectivity index (χ2v) is 14.8. The Morgan fingerprint density at radius 3 is 1.92 bits per heavy atom. The Morgan fingerprint density at radius 1 is 0.510 bits per heavy atom. The molecule has 0 radical (unpaired) electrons. The highest BCUT2D eigenvalue weighted by molar-refractivity contribution is 6.10. The number of fused-ring (bicyclic) bond motifs is 12. The summed E-state index contributed by atoms with van der Waals surface area (Å²) in [6.07, 6.45) is 1.91. The Hall–Kier alpha value is -6.06. The van der Waals surface area contributed by atoms with E-state index in [1.165, 1.54) is 72.0 Å². The predicted octanol–water partition coefficient (Wildman–Crippen LogP) is 11.5. The van der Waals surface area contributed by atoms with E-state index in [9.17, 15) is 0 Å². The highest BCUT2D eigenvalue weighted by Crippen LogP contribution is 2.60. The van der Waals surface area contributed by atoms with E-state index in [0.29, 0.717) is 0 Å². The predicted molar refractivity (Wildman–Crippen MR) is 206 cm³/mol. The molecule has 1 aliphatic heterocycles. The molecule has 3 aliphatic rings. The van der Waals surface area contributed by atoms with E-state index in [1.54, 1.807) is 0 Å². The molecule has 0 N–H and O–H groups in total. The van der Waals surface area contributed by atoms with Crippen LogP contribution in [-0.2, 0) is 24.0 Å². The molecule has 1 spiro atoms. The molecule has 0 atom stereocenters. The van der Waals surface area contributed by atoms with Crippen molar-refractivity contribution in [1.29, 1.82) is 0 Å². The summed E-state index contributed by atoms with van der Waals surface area (Å²) in [4.78, 5) is 0. The van der Waals surface area contributed by atoms with Gasteiger partial charge in [-0.25, -0.2) is 0 Å². The van der Waals surface area contributed by atoms with Gasteiger partial charge >= 0.3 is 5.79 Å². The van der Waals surface area contributed by atoms with Crippen molar-refractivity contribution in [3.63, 3.8) is 0 Å². The highest BCUT2D eigenvalue weighted by atomic mass is 16.7. The molecule has 0 saturated carbocycles. The number of aryl methyl sites for hydroxylation is 2. The number of nitrogens with zero attached hydrogens (tertiary/aromatic N) is 1. The van der Waals surface area contributed by atoms with E-state index in [0.717, 1.165) is 35.5 Å². The van der Waals surface area contributed by atoms with Crippen LogP contribution in [0.25, 0.3) is 49.7 Å². The molecule has 0 bridgehead atoms. The van der Waals surface area contributed by atoms with E-state index in [2.05, 4.69) is 170 Å². The highest BCUT2D eigenvalue weighted by Gasteiger charge is 2.52. The van der Waals surface area contributed by atoms with Crippen LogP contribution in [0.5, 0.6) is 11.5 Å². The van der Waals surface area contributed by atoms with Gasteiger partial charge in [0.1, 0.15) is 0 Å². The smallest absolute Gasteiger partial charge is 0.306 e. The molecule has 51 heavy (non-hydrogen) atoms. The van der Waals surface area contributed by atoms with Crippen LogP contribution in [0.15, 0.2) is 152 Å². The Bertz CT molecular complexity index is 2690. The minimum Gasteiger partial charge on any atom is -0.440 e. The van der Waals surface area contributed by atoms with E-state index < -0.39 is 5.79 Å². The van der Waals surface area contributed by atoms with Crippen LogP contribution in [0.4, 0.5) is 0 Å². The van der Waals surface area contributed by atoms with Crippen molar-refractivity contribution in [1.82, 2.24) is 4.57 Å². The van der Waals surface area contributed by atoms with Crippen LogP contribution >= 0.6 is 0 Å². The van der Waals surface area contributed by atoms with Crippen LogP contribution in [0, 0.1) is 0 Å². The Balaban J connectivity index is 1.04. The van der Waals surface area contributed by atoms with E-state index in [-0.39, 0.29) is 5.41 Å². The molecule has 244 valence electrons. The largest absolute Gasteiger partial charge is 0.440 e. The monoisotopic (exact) mass is 657 g/mol. The zero-order valence-corrected chi connectivity index (χ0v) is 28.6. The van der Waals surface area contributed by atoms with Crippen molar-refractivity contribution < 1.29 is 9.47 Å². The molecule has 11 rings (SSSR count).